The molecular formula is C13H11BrN2O2. The molecule has 1 aromatic carbocycles. The minimum atomic E-state index is -1.20. The topological polar surface area (TPSA) is 62.2 Å². The molecule has 2 rings (SSSR count). The number of nitrogens with one attached hydrogen (secondary N) is 1. The van der Waals surface area contributed by atoms with Gasteiger partial charge in [0.2, 0.25) is 0 Å². The largest absolute Gasteiger partial charge is 0.378 e. The molecule has 0 saturated heterocycles. The lowest BCUT2D eigenvalue weighted by atomic mass is 10.1. The zero-order chi connectivity index (χ0) is 13.0. The predicted molar refractivity (Wildman–Crippen MR) is 72.0 cm³/mol. The third-order valence-electron chi connectivity index (χ3n) is 2.34. The number of aromatic nitrogens is 1. The van der Waals surface area contributed by atoms with Crippen molar-refractivity contribution < 1.29 is 9.90 Å². The number of aliphatic hydroxyl groups excluding tert-OH is 1. The van der Waals surface area contributed by atoms with Crippen molar-refractivity contribution in [2.24, 2.45) is 0 Å². The molecule has 0 saturated carbocycles. The second-order valence-electron chi connectivity index (χ2n) is 3.66. The monoisotopic (exact) mass is 306 g/mol. The summed E-state index contributed by atoms with van der Waals surface area (Å²) in [5.74, 6) is -0.115. The van der Waals surface area contributed by atoms with Crippen LogP contribution in [-0.2, 0) is 4.79 Å². The molecule has 5 heteroatoms. The van der Waals surface area contributed by atoms with Crippen molar-refractivity contribution in [1.29, 1.82) is 0 Å². The highest BCUT2D eigenvalue weighted by molar-refractivity contribution is 9.10. The van der Waals surface area contributed by atoms with E-state index in [-0.39, 0.29) is 0 Å². The number of halogens is 1. The Hall–Kier alpha value is -1.72. The number of anilines is 1. The Morgan fingerprint density at radius 1 is 1.28 bits per heavy atom. The molecule has 0 spiro atoms. The second-order valence-corrected chi connectivity index (χ2v) is 4.58. The third kappa shape index (κ3) is 3.15. The van der Waals surface area contributed by atoms with Gasteiger partial charge in [-0.1, -0.05) is 46.3 Å². The summed E-state index contributed by atoms with van der Waals surface area (Å²) in [6.45, 7) is 0. The Kier molecular flexibility index (Phi) is 4.07. The lowest BCUT2D eigenvalue weighted by Gasteiger charge is -2.11. The van der Waals surface area contributed by atoms with E-state index in [0.717, 1.165) is 4.47 Å². The van der Waals surface area contributed by atoms with Crippen molar-refractivity contribution >= 4 is 27.7 Å². The zero-order valence-electron chi connectivity index (χ0n) is 9.38. The maximum atomic E-state index is 11.8. The molecule has 2 N–H and O–H groups in total. The van der Waals surface area contributed by atoms with Crippen LogP contribution in [0.25, 0.3) is 0 Å². The number of aliphatic hydroxyl groups is 1. The van der Waals surface area contributed by atoms with E-state index in [4.69, 9.17) is 0 Å². The van der Waals surface area contributed by atoms with Crippen LogP contribution in [0.3, 0.4) is 0 Å². The number of amides is 1. The molecule has 1 heterocycles. The molecule has 18 heavy (non-hydrogen) atoms. The SMILES string of the molecule is O=C(Nc1cc(Br)ccn1)C(O)c1ccccc1. The number of nitrogens with zero attached hydrogens (tertiary/aromatic N) is 1. The Morgan fingerprint density at radius 2 is 2.00 bits per heavy atom. The molecule has 1 unspecified atom stereocenters. The van der Waals surface area contributed by atoms with E-state index in [1.807, 2.05) is 6.07 Å². The van der Waals surface area contributed by atoms with Gasteiger partial charge in [-0.3, -0.25) is 4.79 Å². The number of hydrogen-bond donors (Lipinski definition) is 2. The van der Waals surface area contributed by atoms with Crippen molar-refractivity contribution in [3.63, 3.8) is 0 Å². The van der Waals surface area contributed by atoms with Gasteiger partial charge in [0.1, 0.15) is 5.82 Å². The van der Waals surface area contributed by atoms with Crippen molar-refractivity contribution in [2.75, 3.05) is 5.32 Å². The summed E-state index contributed by atoms with van der Waals surface area (Å²) in [6.07, 6.45) is 0.362. The van der Waals surface area contributed by atoms with Gasteiger partial charge in [-0.05, 0) is 17.7 Å². The second kappa shape index (κ2) is 5.75. The van der Waals surface area contributed by atoms with Gasteiger partial charge in [0.25, 0.3) is 5.91 Å². The van der Waals surface area contributed by atoms with Gasteiger partial charge in [-0.15, -0.1) is 0 Å². The van der Waals surface area contributed by atoms with Gasteiger partial charge in [0, 0.05) is 10.7 Å². The van der Waals surface area contributed by atoms with Crippen LogP contribution < -0.4 is 5.32 Å². The number of carbonyl (C=O) groups is 1. The standard InChI is InChI=1S/C13H11BrN2O2/c14-10-6-7-15-11(8-10)16-13(18)12(17)9-4-2-1-3-5-9/h1-8,12,17H,(H,15,16,18). The van der Waals surface area contributed by atoms with Crippen LogP contribution in [0, 0.1) is 0 Å². The quantitative estimate of drug-likeness (QED) is 0.916. The average Bonchev–Trinajstić information content (AvgIpc) is 2.39. The summed E-state index contributed by atoms with van der Waals surface area (Å²) in [5.41, 5.74) is 0.546. The Bertz CT molecular complexity index is 546. The van der Waals surface area contributed by atoms with Crippen molar-refractivity contribution in [3.8, 4) is 0 Å². The first-order chi connectivity index (χ1) is 8.66. The molecule has 4 nitrogen and oxygen atoms in total. The zero-order valence-corrected chi connectivity index (χ0v) is 11.0. The van der Waals surface area contributed by atoms with E-state index in [9.17, 15) is 9.90 Å². The lowest BCUT2D eigenvalue weighted by Crippen LogP contribution is -2.21. The van der Waals surface area contributed by atoms with Gasteiger partial charge in [-0.2, -0.15) is 0 Å². The van der Waals surface area contributed by atoms with Crippen LogP contribution in [0.15, 0.2) is 53.1 Å². The Balaban J connectivity index is 2.09. The van der Waals surface area contributed by atoms with E-state index in [1.165, 1.54) is 0 Å². The van der Waals surface area contributed by atoms with E-state index in [1.54, 1.807) is 42.6 Å². The van der Waals surface area contributed by atoms with Crippen LogP contribution in [-0.4, -0.2) is 16.0 Å². The van der Waals surface area contributed by atoms with Gasteiger partial charge >= 0.3 is 0 Å². The molecule has 1 atom stereocenters. The van der Waals surface area contributed by atoms with Crippen molar-refractivity contribution in [1.82, 2.24) is 4.98 Å². The van der Waals surface area contributed by atoms with Crippen LogP contribution in [0.1, 0.15) is 11.7 Å². The van der Waals surface area contributed by atoms with E-state index in [2.05, 4.69) is 26.2 Å². The Labute approximate surface area is 113 Å². The van der Waals surface area contributed by atoms with Crippen LogP contribution in [0.5, 0.6) is 0 Å². The molecule has 0 fully saturated rings. The van der Waals surface area contributed by atoms with Gasteiger partial charge < -0.3 is 10.4 Å². The molecule has 1 aromatic heterocycles. The molecular weight excluding hydrogens is 296 g/mol. The normalized spacial score (nSPS) is 11.9. The summed E-state index contributed by atoms with van der Waals surface area (Å²) in [6, 6.07) is 12.2. The van der Waals surface area contributed by atoms with E-state index in [0.29, 0.717) is 11.4 Å². The highest BCUT2D eigenvalue weighted by Gasteiger charge is 2.17. The van der Waals surface area contributed by atoms with Crippen molar-refractivity contribution in [3.05, 3.63) is 58.7 Å². The number of carbonyl (C=O) groups excluding carboxylic acids is 1. The summed E-state index contributed by atoms with van der Waals surface area (Å²) in [5, 5.41) is 12.4. The fourth-order valence-electron chi connectivity index (χ4n) is 1.45. The molecule has 0 bridgehead atoms. The van der Waals surface area contributed by atoms with Crippen LogP contribution in [0.4, 0.5) is 5.82 Å². The van der Waals surface area contributed by atoms with Crippen LogP contribution in [0.2, 0.25) is 0 Å². The van der Waals surface area contributed by atoms with Crippen molar-refractivity contribution in [2.45, 2.75) is 6.10 Å². The first-order valence-electron chi connectivity index (χ1n) is 5.32. The molecule has 0 aliphatic carbocycles. The molecule has 0 aliphatic rings. The molecule has 0 aliphatic heterocycles. The minimum Gasteiger partial charge on any atom is -0.378 e. The molecule has 2 aromatic rings. The van der Waals surface area contributed by atoms with E-state index < -0.39 is 12.0 Å². The highest BCUT2D eigenvalue weighted by Crippen LogP contribution is 2.16. The fraction of sp³-hybridized carbons (Fsp3) is 0.0769. The fourth-order valence-corrected chi connectivity index (χ4v) is 1.79. The first kappa shape index (κ1) is 12.7. The molecule has 1 amide bonds. The van der Waals surface area contributed by atoms with Gasteiger partial charge in [0.05, 0.1) is 0 Å². The summed E-state index contributed by atoms with van der Waals surface area (Å²) >= 11 is 3.28. The number of hydrogen-bond acceptors (Lipinski definition) is 3. The summed E-state index contributed by atoms with van der Waals surface area (Å²) < 4.78 is 0.807. The third-order valence-corrected chi connectivity index (χ3v) is 2.83. The molecule has 92 valence electrons. The first-order valence-corrected chi connectivity index (χ1v) is 6.11. The average molecular weight is 307 g/mol. The smallest absolute Gasteiger partial charge is 0.258 e. The maximum Gasteiger partial charge on any atom is 0.258 e. The van der Waals surface area contributed by atoms with Gasteiger partial charge in [0.15, 0.2) is 6.10 Å². The predicted octanol–water partition coefficient (Wildman–Crippen LogP) is 2.52. The van der Waals surface area contributed by atoms with E-state index >= 15 is 0 Å². The lowest BCUT2D eigenvalue weighted by molar-refractivity contribution is -0.124. The highest BCUT2D eigenvalue weighted by atomic mass is 79.9. The van der Waals surface area contributed by atoms with Gasteiger partial charge in [-0.25, -0.2) is 4.98 Å². The number of benzene rings is 1. The van der Waals surface area contributed by atoms with Crippen LogP contribution >= 0.6 is 15.9 Å². The molecule has 0 radical (unpaired) electrons. The number of pyridine rings is 1. The number of rotatable bonds is 3. The maximum absolute atomic E-state index is 11.8. The summed E-state index contributed by atoms with van der Waals surface area (Å²) in [4.78, 5) is 15.8. The minimum absolute atomic E-state index is 0.393. The summed E-state index contributed by atoms with van der Waals surface area (Å²) in [7, 11) is 0. The Morgan fingerprint density at radius 3 is 2.67 bits per heavy atom.